The highest BCUT2D eigenvalue weighted by atomic mass is 32.1. The molecule has 0 saturated heterocycles. The maximum Gasteiger partial charge on any atom is 0.145 e. The minimum Gasteiger partial charge on any atom is -0.455 e. The predicted octanol–water partition coefficient (Wildman–Crippen LogP) is 15.1. The third-order valence-electron chi connectivity index (χ3n) is 10.7. The SMILES string of the molecule is c1ccc(-c2ccc(-c3ccc(N(c4ccc5ccc6ccccc6c5c4)c4cccc5sc6ccccc6c45)c4c3oc3ccccc34)cc2)cc1. The van der Waals surface area contributed by atoms with Crippen molar-refractivity contribution in [1.29, 1.82) is 0 Å². The maximum absolute atomic E-state index is 6.86. The lowest BCUT2D eigenvalue weighted by atomic mass is 9.97. The molecule has 2 heterocycles. The van der Waals surface area contributed by atoms with E-state index in [-0.39, 0.29) is 0 Å². The van der Waals surface area contributed by atoms with Crippen molar-refractivity contribution in [2.45, 2.75) is 0 Å². The lowest BCUT2D eigenvalue weighted by Crippen LogP contribution is -2.11. The van der Waals surface area contributed by atoms with Crippen LogP contribution in [-0.2, 0) is 0 Å². The van der Waals surface area contributed by atoms with E-state index >= 15 is 0 Å². The minimum absolute atomic E-state index is 0.876. The van der Waals surface area contributed by atoms with Gasteiger partial charge in [-0.25, -0.2) is 0 Å². The van der Waals surface area contributed by atoms with Crippen molar-refractivity contribution in [2.24, 2.45) is 0 Å². The molecular formula is C50H31NOS. The molecule has 0 aliphatic heterocycles. The summed E-state index contributed by atoms with van der Waals surface area (Å²) in [7, 11) is 0. The molecule has 0 amide bonds. The molecule has 0 spiro atoms. The van der Waals surface area contributed by atoms with Crippen LogP contribution in [0.1, 0.15) is 0 Å². The van der Waals surface area contributed by atoms with Crippen LogP contribution in [0, 0.1) is 0 Å². The molecular weight excluding hydrogens is 663 g/mol. The lowest BCUT2D eigenvalue weighted by Gasteiger charge is -2.28. The average molecular weight is 694 g/mol. The molecule has 0 saturated carbocycles. The van der Waals surface area contributed by atoms with Gasteiger partial charge in [0, 0.05) is 36.8 Å². The first kappa shape index (κ1) is 30.0. The van der Waals surface area contributed by atoms with E-state index in [4.69, 9.17) is 4.42 Å². The van der Waals surface area contributed by atoms with Gasteiger partial charge in [-0.2, -0.15) is 0 Å². The highest BCUT2D eigenvalue weighted by Gasteiger charge is 2.24. The summed E-state index contributed by atoms with van der Waals surface area (Å²) in [5, 5.41) is 9.66. The summed E-state index contributed by atoms with van der Waals surface area (Å²) >= 11 is 1.85. The Bertz CT molecular complexity index is 3170. The van der Waals surface area contributed by atoms with Crippen molar-refractivity contribution in [3.05, 3.63) is 188 Å². The standard InChI is InChI=1S/C50H31NOS/c1-2-11-32(12-3-1)33-21-23-35(24-22-33)39-29-30-44(49-40-15-6-8-18-45(40)52-50(39)49)51(43-17-10-20-47-48(43)41-16-7-9-19-46(41)53-47)37-28-27-36-26-25-34-13-4-5-14-38(34)42(36)31-37/h1-31H. The van der Waals surface area contributed by atoms with Gasteiger partial charge < -0.3 is 9.32 Å². The Morgan fingerprint density at radius 2 is 1.04 bits per heavy atom. The first-order valence-corrected chi connectivity index (χ1v) is 18.8. The zero-order chi connectivity index (χ0) is 34.9. The molecule has 0 aliphatic rings. The number of nitrogens with zero attached hydrogens (tertiary/aromatic N) is 1. The summed E-state index contributed by atoms with van der Waals surface area (Å²) in [6.45, 7) is 0. The number of thiophene rings is 1. The van der Waals surface area contributed by atoms with E-state index in [0.29, 0.717) is 0 Å². The van der Waals surface area contributed by atoms with E-state index in [1.165, 1.54) is 52.8 Å². The van der Waals surface area contributed by atoms with Crippen LogP contribution >= 0.6 is 11.3 Å². The van der Waals surface area contributed by atoms with Crippen molar-refractivity contribution in [3.8, 4) is 22.3 Å². The molecule has 0 aliphatic carbocycles. The Labute approximate surface area is 310 Å². The van der Waals surface area contributed by atoms with Gasteiger partial charge in [0.1, 0.15) is 11.2 Å². The monoisotopic (exact) mass is 693 g/mol. The number of hydrogen-bond donors (Lipinski definition) is 0. The number of hydrogen-bond acceptors (Lipinski definition) is 3. The molecule has 0 N–H and O–H groups in total. The van der Waals surface area contributed by atoms with Gasteiger partial charge in [0.25, 0.3) is 0 Å². The molecule has 0 fully saturated rings. The Balaban J connectivity index is 1.21. The number of furan rings is 1. The van der Waals surface area contributed by atoms with Gasteiger partial charge >= 0.3 is 0 Å². The zero-order valence-electron chi connectivity index (χ0n) is 28.7. The van der Waals surface area contributed by atoms with Crippen LogP contribution in [0.25, 0.3) is 85.9 Å². The Morgan fingerprint density at radius 3 is 1.91 bits per heavy atom. The molecule has 0 unspecified atom stereocenters. The Kier molecular flexibility index (Phi) is 6.76. The number of anilines is 3. The normalized spacial score (nSPS) is 11.8. The summed E-state index contributed by atoms with van der Waals surface area (Å²) in [6, 6.07) is 67.9. The highest BCUT2D eigenvalue weighted by Crippen LogP contribution is 2.50. The van der Waals surface area contributed by atoms with Gasteiger partial charge in [0.15, 0.2) is 0 Å². The third-order valence-corrected chi connectivity index (χ3v) is 11.8. The highest BCUT2D eigenvalue weighted by molar-refractivity contribution is 7.26. The van der Waals surface area contributed by atoms with E-state index in [1.807, 2.05) is 11.3 Å². The average Bonchev–Trinajstić information content (AvgIpc) is 3.81. The topological polar surface area (TPSA) is 16.4 Å². The summed E-state index contributed by atoms with van der Waals surface area (Å²) in [6.07, 6.45) is 0. The molecule has 2 aromatic heterocycles. The van der Waals surface area contributed by atoms with E-state index in [2.05, 4.69) is 193 Å². The molecule has 0 atom stereocenters. The summed E-state index contributed by atoms with van der Waals surface area (Å²) in [5.41, 5.74) is 9.68. The van der Waals surface area contributed by atoms with Gasteiger partial charge in [-0.3, -0.25) is 0 Å². The summed E-state index contributed by atoms with van der Waals surface area (Å²) in [4.78, 5) is 2.47. The minimum atomic E-state index is 0.876. The Hall–Kier alpha value is -6.68. The van der Waals surface area contributed by atoms with Gasteiger partial charge in [-0.1, -0.05) is 140 Å². The molecule has 3 heteroatoms. The fourth-order valence-electron chi connectivity index (χ4n) is 8.18. The number of rotatable bonds is 5. The summed E-state index contributed by atoms with van der Waals surface area (Å²) < 4.78 is 9.41. The van der Waals surface area contributed by atoms with Crippen LogP contribution in [0.3, 0.4) is 0 Å². The first-order chi connectivity index (χ1) is 26.3. The van der Waals surface area contributed by atoms with Gasteiger partial charge in [0.05, 0.1) is 16.8 Å². The second kappa shape index (κ2) is 11.9. The Morgan fingerprint density at radius 1 is 0.396 bits per heavy atom. The number of fused-ring (bicyclic) bond motifs is 9. The third kappa shape index (κ3) is 4.78. The van der Waals surface area contributed by atoms with E-state index in [0.717, 1.165) is 50.1 Å². The first-order valence-electron chi connectivity index (χ1n) is 18.0. The quantitative estimate of drug-likeness (QED) is 0.167. The van der Waals surface area contributed by atoms with Crippen LogP contribution in [0.2, 0.25) is 0 Å². The zero-order valence-corrected chi connectivity index (χ0v) is 29.5. The van der Waals surface area contributed by atoms with E-state index in [9.17, 15) is 0 Å². The second-order valence-electron chi connectivity index (χ2n) is 13.7. The van der Waals surface area contributed by atoms with Crippen LogP contribution in [0.15, 0.2) is 192 Å². The van der Waals surface area contributed by atoms with Crippen molar-refractivity contribution < 1.29 is 4.42 Å². The number of benzene rings is 9. The van der Waals surface area contributed by atoms with Crippen molar-refractivity contribution >= 4 is 92.1 Å². The largest absolute Gasteiger partial charge is 0.455 e. The van der Waals surface area contributed by atoms with Crippen molar-refractivity contribution in [2.75, 3.05) is 4.90 Å². The molecule has 248 valence electrons. The molecule has 0 bridgehead atoms. The van der Waals surface area contributed by atoms with E-state index < -0.39 is 0 Å². The van der Waals surface area contributed by atoms with Crippen LogP contribution in [0.5, 0.6) is 0 Å². The van der Waals surface area contributed by atoms with Gasteiger partial charge in [-0.05, 0) is 86.8 Å². The maximum atomic E-state index is 6.86. The van der Waals surface area contributed by atoms with Crippen molar-refractivity contribution in [1.82, 2.24) is 0 Å². The second-order valence-corrected chi connectivity index (χ2v) is 14.7. The van der Waals surface area contributed by atoms with Gasteiger partial charge in [-0.15, -0.1) is 11.3 Å². The number of para-hydroxylation sites is 1. The van der Waals surface area contributed by atoms with Crippen LogP contribution < -0.4 is 4.90 Å². The fraction of sp³-hybridized carbons (Fsp3) is 0. The fourth-order valence-corrected chi connectivity index (χ4v) is 9.30. The van der Waals surface area contributed by atoms with Gasteiger partial charge in [0.2, 0.25) is 0 Å². The lowest BCUT2D eigenvalue weighted by molar-refractivity contribution is 0.670. The van der Waals surface area contributed by atoms with E-state index in [1.54, 1.807) is 0 Å². The summed E-state index contributed by atoms with van der Waals surface area (Å²) in [5.74, 6) is 0. The van der Waals surface area contributed by atoms with Crippen LogP contribution in [-0.4, -0.2) is 0 Å². The molecule has 11 aromatic rings. The smallest absolute Gasteiger partial charge is 0.145 e. The molecule has 11 rings (SSSR count). The van der Waals surface area contributed by atoms with Crippen molar-refractivity contribution in [3.63, 3.8) is 0 Å². The predicted molar refractivity (Wildman–Crippen MR) is 227 cm³/mol. The van der Waals surface area contributed by atoms with Crippen LogP contribution in [0.4, 0.5) is 17.1 Å². The molecule has 9 aromatic carbocycles. The molecule has 53 heavy (non-hydrogen) atoms. The molecule has 0 radical (unpaired) electrons. The molecule has 2 nitrogen and oxygen atoms in total.